The van der Waals surface area contributed by atoms with Gasteiger partial charge in [0, 0.05) is 11.1 Å². The molecule has 6 nitrogen and oxygen atoms in total. The molecule has 3 aromatic rings. The van der Waals surface area contributed by atoms with Crippen LogP contribution >= 0.6 is 11.6 Å². The second kappa shape index (κ2) is 8.05. The molecule has 0 spiro atoms. The molecule has 0 bridgehead atoms. The third-order valence-electron chi connectivity index (χ3n) is 3.92. The summed E-state index contributed by atoms with van der Waals surface area (Å²) in [6, 6.07) is 14.4. The molecule has 0 aliphatic rings. The predicted molar refractivity (Wildman–Crippen MR) is 101 cm³/mol. The zero-order chi connectivity index (χ0) is 19.4. The maximum absolute atomic E-state index is 12.1. The van der Waals surface area contributed by atoms with Crippen LogP contribution in [0.2, 0.25) is 5.02 Å². The Bertz CT molecular complexity index is 1060. The highest BCUT2D eigenvalue weighted by Crippen LogP contribution is 2.22. The van der Waals surface area contributed by atoms with E-state index < -0.39 is 18.5 Å². The first-order valence-corrected chi connectivity index (χ1v) is 8.57. The molecule has 138 valence electrons. The quantitative estimate of drug-likeness (QED) is 0.679. The zero-order valence-electron chi connectivity index (χ0n) is 14.4. The van der Waals surface area contributed by atoms with E-state index in [0.717, 1.165) is 11.6 Å². The minimum atomic E-state index is -0.890. The molecular formula is C20H16ClNO5. The Morgan fingerprint density at radius 2 is 1.85 bits per heavy atom. The average Bonchev–Trinajstić information content (AvgIpc) is 2.66. The van der Waals surface area contributed by atoms with Gasteiger partial charge >= 0.3 is 5.97 Å². The molecule has 0 aliphatic carbocycles. The molecule has 2 aromatic carbocycles. The Labute approximate surface area is 159 Å². The Kier molecular flexibility index (Phi) is 5.57. The summed E-state index contributed by atoms with van der Waals surface area (Å²) in [4.78, 5) is 36.1. The van der Waals surface area contributed by atoms with Crippen LogP contribution in [0.15, 0.2) is 63.8 Å². The third-order valence-corrected chi connectivity index (χ3v) is 4.26. The molecule has 3 rings (SSSR count). The molecule has 0 fully saturated rings. The van der Waals surface area contributed by atoms with Crippen LogP contribution in [-0.2, 0) is 9.53 Å². The van der Waals surface area contributed by atoms with E-state index >= 15 is 0 Å². The first-order valence-electron chi connectivity index (χ1n) is 8.19. The molecule has 1 aromatic heterocycles. The van der Waals surface area contributed by atoms with Crippen molar-refractivity contribution in [2.75, 3.05) is 6.61 Å². The van der Waals surface area contributed by atoms with E-state index in [2.05, 4.69) is 5.32 Å². The summed E-state index contributed by atoms with van der Waals surface area (Å²) in [6.45, 7) is 1.26. The number of esters is 1. The number of hydrogen-bond acceptors (Lipinski definition) is 5. The monoisotopic (exact) mass is 385 g/mol. The summed E-state index contributed by atoms with van der Waals surface area (Å²) >= 11 is 6.09. The predicted octanol–water partition coefficient (Wildman–Crippen LogP) is 3.48. The maximum Gasteiger partial charge on any atom is 0.374 e. The second-order valence-corrected chi connectivity index (χ2v) is 6.27. The van der Waals surface area contributed by atoms with E-state index in [4.69, 9.17) is 20.8 Å². The summed E-state index contributed by atoms with van der Waals surface area (Å²) in [7, 11) is 0. The van der Waals surface area contributed by atoms with Crippen molar-refractivity contribution in [1.82, 2.24) is 5.32 Å². The van der Waals surface area contributed by atoms with Gasteiger partial charge in [-0.25, -0.2) is 4.79 Å². The summed E-state index contributed by atoms with van der Waals surface area (Å²) in [6.07, 6.45) is 0. The van der Waals surface area contributed by atoms with E-state index in [-0.39, 0.29) is 22.8 Å². The van der Waals surface area contributed by atoms with E-state index in [0.29, 0.717) is 10.4 Å². The Hall–Kier alpha value is -3.12. The Morgan fingerprint density at radius 1 is 1.15 bits per heavy atom. The minimum Gasteiger partial charge on any atom is -0.450 e. The number of benzene rings is 2. The van der Waals surface area contributed by atoms with Crippen LogP contribution in [-0.4, -0.2) is 18.5 Å². The van der Waals surface area contributed by atoms with Crippen LogP contribution in [0.1, 0.15) is 29.1 Å². The molecule has 0 aliphatic heterocycles. The highest BCUT2D eigenvalue weighted by atomic mass is 35.5. The number of amides is 1. The number of halogens is 1. The number of nitrogens with one attached hydrogen (secondary N) is 1. The highest BCUT2D eigenvalue weighted by molar-refractivity contribution is 6.31. The number of carbonyl (C=O) groups is 2. The van der Waals surface area contributed by atoms with E-state index in [9.17, 15) is 14.4 Å². The van der Waals surface area contributed by atoms with Crippen molar-refractivity contribution < 1.29 is 18.7 Å². The zero-order valence-corrected chi connectivity index (χ0v) is 15.2. The smallest absolute Gasteiger partial charge is 0.374 e. The van der Waals surface area contributed by atoms with Gasteiger partial charge in [0.2, 0.25) is 5.76 Å². The van der Waals surface area contributed by atoms with Crippen molar-refractivity contribution >= 4 is 34.4 Å². The molecular weight excluding hydrogens is 370 g/mol. The summed E-state index contributed by atoms with van der Waals surface area (Å²) in [5.41, 5.74) is 0.661. The number of rotatable bonds is 5. The van der Waals surface area contributed by atoms with Gasteiger partial charge in [-0.3, -0.25) is 9.59 Å². The van der Waals surface area contributed by atoms with Crippen LogP contribution in [0.5, 0.6) is 0 Å². The number of ether oxygens (including phenoxy) is 1. The highest BCUT2D eigenvalue weighted by Gasteiger charge is 2.17. The van der Waals surface area contributed by atoms with Gasteiger partial charge in [0.05, 0.1) is 11.4 Å². The van der Waals surface area contributed by atoms with E-state index in [1.807, 2.05) is 6.07 Å². The molecule has 0 unspecified atom stereocenters. The van der Waals surface area contributed by atoms with Crippen LogP contribution in [0.3, 0.4) is 0 Å². The number of carbonyl (C=O) groups excluding carboxylic acids is 2. The van der Waals surface area contributed by atoms with Crippen LogP contribution in [0.25, 0.3) is 11.0 Å². The Morgan fingerprint density at radius 3 is 2.63 bits per heavy atom. The van der Waals surface area contributed by atoms with Gasteiger partial charge in [-0.2, -0.15) is 0 Å². The molecule has 27 heavy (non-hydrogen) atoms. The fraction of sp³-hybridized carbons (Fsp3) is 0.150. The number of fused-ring (bicyclic) bond motifs is 1. The van der Waals surface area contributed by atoms with Gasteiger partial charge in [-0.1, -0.05) is 41.9 Å². The Balaban J connectivity index is 1.63. The third kappa shape index (κ3) is 4.35. The van der Waals surface area contributed by atoms with Crippen molar-refractivity contribution in [2.24, 2.45) is 0 Å². The fourth-order valence-electron chi connectivity index (χ4n) is 2.59. The largest absolute Gasteiger partial charge is 0.450 e. The van der Waals surface area contributed by atoms with E-state index in [1.165, 1.54) is 0 Å². The van der Waals surface area contributed by atoms with Crippen molar-refractivity contribution in [2.45, 2.75) is 13.0 Å². The topological polar surface area (TPSA) is 85.6 Å². The van der Waals surface area contributed by atoms with Gasteiger partial charge in [0.25, 0.3) is 5.91 Å². The standard InChI is InChI=1S/C20H16ClNO5/c1-12(13-6-2-4-8-15(13)21)22-19(24)11-26-20(25)18-10-16(23)14-7-3-5-9-17(14)27-18/h2-10,12H,11H2,1H3,(H,22,24)/t12-/m1/s1. The van der Waals surface area contributed by atoms with Crippen LogP contribution < -0.4 is 10.7 Å². The summed E-state index contributed by atoms with van der Waals surface area (Å²) < 4.78 is 10.3. The van der Waals surface area contributed by atoms with Gasteiger partial charge in [-0.15, -0.1) is 0 Å². The van der Waals surface area contributed by atoms with Gasteiger partial charge in [0.1, 0.15) is 5.58 Å². The average molecular weight is 386 g/mol. The van der Waals surface area contributed by atoms with Crippen LogP contribution in [0, 0.1) is 0 Å². The molecule has 1 atom stereocenters. The molecule has 1 heterocycles. The minimum absolute atomic E-state index is 0.259. The molecule has 1 amide bonds. The molecule has 7 heteroatoms. The van der Waals surface area contributed by atoms with Crippen molar-refractivity contribution in [1.29, 1.82) is 0 Å². The van der Waals surface area contributed by atoms with E-state index in [1.54, 1.807) is 49.4 Å². The molecule has 0 saturated carbocycles. The van der Waals surface area contributed by atoms with Crippen molar-refractivity contribution in [3.8, 4) is 0 Å². The lowest BCUT2D eigenvalue weighted by atomic mass is 10.1. The van der Waals surface area contributed by atoms with Gasteiger partial charge in [-0.05, 0) is 30.7 Å². The molecule has 0 saturated heterocycles. The first kappa shape index (κ1) is 18.7. The van der Waals surface area contributed by atoms with Crippen LogP contribution in [0.4, 0.5) is 0 Å². The van der Waals surface area contributed by atoms with Crippen molar-refractivity contribution in [3.63, 3.8) is 0 Å². The number of para-hydroxylation sites is 1. The second-order valence-electron chi connectivity index (χ2n) is 5.86. The lowest BCUT2D eigenvalue weighted by molar-refractivity contribution is -0.124. The van der Waals surface area contributed by atoms with Crippen molar-refractivity contribution in [3.05, 3.63) is 81.2 Å². The molecule has 1 N–H and O–H groups in total. The summed E-state index contributed by atoms with van der Waals surface area (Å²) in [5, 5.41) is 3.58. The summed E-state index contributed by atoms with van der Waals surface area (Å²) in [5.74, 6) is -1.65. The SMILES string of the molecule is C[C@@H](NC(=O)COC(=O)c1cc(=O)c2ccccc2o1)c1ccccc1Cl. The lowest BCUT2D eigenvalue weighted by Gasteiger charge is -2.15. The van der Waals surface area contributed by atoms with Gasteiger partial charge < -0.3 is 14.5 Å². The van der Waals surface area contributed by atoms with Gasteiger partial charge in [0.15, 0.2) is 12.0 Å². The fourth-order valence-corrected chi connectivity index (χ4v) is 2.89. The maximum atomic E-state index is 12.1. The normalized spacial score (nSPS) is 11.8. The lowest BCUT2D eigenvalue weighted by Crippen LogP contribution is -2.31. The number of hydrogen-bond donors (Lipinski definition) is 1. The first-order chi connectivity index (χ1) is 13.0. The molecule has 0 radical (unpaired) electrons.